The minimum atomic E-state index is 0.336. The van der Waals surface area contributed by atoms with Crippen LogP contribution in [0.3, 0.4) is 0 Å². The molecule has 2 rings (SSSR count). The fourth-order valence-electron chi connectivity index (χ4n) is 2.27. The molecule has 0 bridgehead atoms. The first-order valence-corrected chi connectivity index (χ1v) is 6.84. The maximum atomic E-state index is 5.84. The summed E-state index contributed by atoms with van der Waals surface area (Å²) in [5, 5.41) is 0. The van der Waals surface area contributed by atoms with E-state index < -0.39 is 0 Å². The van der Waals surface area contributed by atoms with Crippen molar-refractivity contribution in [2.24, 2.45) is 0 Å². The molecule has 0 aliphatic carbocycles. The van der Waals surface area contributed by atoms with Crippen molar-refractivity contribution >= 4 is 11.1 Å². The van der Waals surface area contributed by atoms with Crippen molar-refractivity contribution in [1.29, 1.82) is 0 Å². The molecule has 0 spiro atoms. The van der Waals surface area contributed by atoms with E-state index in [1.165, 1.54) is 11.1 Å². The van der Waals surface area contributed by atoms with Crippen LogP contribution in [0.2, 0.25) is 0 Å². The van der Waals surface area contributed by atoms with Gasteiger partial charge in [0.25, 0.3) is 0 Å². The molecule has 0 aliphatic heterocycles. The molecule has 0 saturated carbocycles. The van der Waals surface area contributed by atoms with E-state index in [9.17, 15) is 0 Å². The van der Waals surface area contributed by atoms with Gasteiger partial charge in [0.2, 0.25) is 0 Å². The number of aromatic nitrogens is 1. The molecule has 2 aromatic rings. The molecule has 0 aliphatic rings. The lowest BCUT2D eigenvalue weighted by molar-refractivity contribution is 0.501. The highest BCUT2D eigenvalue weighted by molar-refractivity contribution is 5.75. The fraction of sp³-hybridized carbons (Fsp3) is 0.562. The van der Waals surface area contributed by atoms with Gasteiger partial charge in [0, 0.05) is 5.92 Å². The standard InChI is InChI=1S/C16H23NO/c1-9(2)12-7-14-15(8-13(12)10(3)4)18-16(17-14)11(5)6/h7-11H,1-6H3. The smallest absolute Gasteiger partial charge is 0.198 e. The van der Waals surface area contributed by atoms with E-state index in [-0.39, 0.29) is 0 Å². The molecule has 0 N–H and O–H groups in total. The van der Waals surface area contributed by atoms with Crippen LogP contribution < -0.4 is 0 Å². The van der Waals surface area contributed by atoms with Crippen LogP contribution in [0.15, 0.2) is 16.5 Å². The van der Waals surface area contributed by atoms with E-state index in [2.05, 4.69) is 58.7 Å². The topological polar surface area (TPSA) is 26.0 Å². The van der Waals surface area contributed by atoms with Crippen LogP contribution in [0.1, 0.15) is 76.3 Å². The summed E-state index contributed by atoms with van der Waals surface area (Å²) in [6, 6.07) is 4.37. The Labute approximate surface area is 109 Å². The molecule has 0 fully saturated rings. The van der Waals surface area contributed by atoms with Crippen molar-refractivity contribution < 1.29 is 4.42 Å². The van der Waals surface area contributed by atoms with Gasteiger partial charge >= 0.3 is 0 Å². The summed E-state index contributed by atoms with van der Waals surface area (Å²) in [7, 11) is 0. The van der Waals surface area contributed by atoms with Gasteiger partial charge < -0.3 is 4.42 Å². The molecule has 0 atom stereocenters. The van der Waals surface area contributed by atoms with Gasteiger partial charge in [-0.15, -0.1) is 0 Å². The summed E-state index contributed by atoms with van der Waals surface area (Å²) in [6.45, 7) is 13.1. The average Bonchev–Trinajstić information content (AvgIpc) is 2.69. The molecular formula is C16H23NO. The van der Waals surface area contributed by atoms with Crippen molar-refractivity contribution in [1.82, 2.24) is 4.98 Å². The van der Waals surface area contributed by atoms with Crippen LogP contribution in [-0.4, -0.2) is 4.98 Å². The molecule has 98 valence electrons. The third-order valence-electron chi connectivity index (χ3n) is 3.35. The minimum absolute atomic E-state index is 0.336. The zero-order valence-electron chi connectivity index (χ0n) is 12.2. The Morgan fingerprint density at radius 2 is 1.39 bits per heavy atom. The van der Waals surface area contributed by atoms with E-state index in [0.29, 0.717) is 17.8 Å². The van der Waals surface area contributed by atoms with Crippen LogP contribution in [0.5, 0.6) is 0 Å². The molecule has 1 heterocycles. The first-order valence-electron chi connectivity index (χ1n) is 6.84. The Morgan fingerprint density at radius 3 is 1.89 bits per heavy atom. The zero-order valence-corrected chi connectivity index (χ0v) is 12.2. The fourth-order valence-corrected chi connectivity index (χ4v) is 2.27. The molecule has 1 aromatic carbocycles. The normalized spacial score (nSPS) is 12.3. The minimum Gasteiger partial charge on any atom is -0.440 e. The predicted molar refractivity (Wildman–Crippen MR) is 76.3 cm³/mol. The second kappa shape index (κ2) is 4.75. The molecule has 0 saturated heterocycles. The number of nitrogens with zero attached hydrogens (tertiary/aromatic N) is 1. The van der Waals surface area contributed by atoms with E-state index in [0.717, 1.165) is 17.0 Å². The Morgan fingerprint density at radius 1 is 0.833 bits per heavy atom. The second-order valence-electron chi connectivity index (χ2n) is 5.97. The number of benzene rings is 1. The molecule has 18 heavy (non-hydrogen) atoms. The Hall–Kier alpha value is -1.31. The van der Waals surface area contributed by atoms with Crippen molar-refractivity contribution in [3.63, 3.8) is 0 Å². The van der Waals surface area contributed by atoms with Crippen LogP contribution in [-0.2, 0) is 0 Å². The third kappa shape index (κ3) is 2.29. The molecule has 0 unspecified atom stereocenters. The zero-order chi connectivity index (χ0) is 13.4. The van der Waals surface area contributed by atoms with Crippen molar-refractivity contribution in [2.75, 3.05) is 0 Å². The molecule has 0 radical (unpaired) electrons. The lowest BCUT2D eigenvalue weighted by Crippen LogP contribution is -1.98. The van der Waals surface area contributed by atoms with Gasteiger partial charge in [0.05, 0.1) is 0 Å². The van der Waals surface area contributed by atoms with Gasteiger partial charge in [-0.2, -0.15) is 0 Å². The predicted octanol–water partition coefficient (Wildman–Crippen LogP) is 5.20. The van der Waals surface area contributed by atoms with Crippen LogP contribution in [0, 0.1) is 0 Å². The summed E-state index contributed by atoms with van der Waals surface area (Å²) in [5.41, 5.74) is 4.68. The lowest BCUT2D eigenvalue weighted by Gasteiger charge is -2.15. The first-order chi connectivity index (χ1) is 8.40. The third-order valence-corrected chi connectivity index (χ3v) is 3.35. The molecular weight excluding hydrogens is 222 g/mol. The highest BCUT2D eigenvalue weighted by Gasteiger charge is 2.16. The highest BCUT2D eigenvalue weighted by atomic mass is 16.3. The largest absolute Gasteiger partial charge is 0.440 e. The average molecular weight is 245 g/mol. The van der Waals surface area contributed by atoms with E-state index >= 15 is 0 Å². The Kier molecular flexibility index (Phi) is 3.47. The molecule has 2 nitrogen and oxygen atoms in total. The highest BCUT2D eigenvalue weighted by Crippen LogP contribution is 2.31. The van der Waals surface area contributed by atoms with Crippen LogP contribution in [0.4, 0.5) is 0 Å². The summed E-state index contributed by atoms with van der Waals surface area (Å²) in [6.07, 6.45) is 0. The summed E-state index contributed by atoms with van der Waals surface area (Å²) < 4.78 is 5.84. The number of fused-ring (bicyclic) bond motifs is 1. The number of hydrogen-bond acceptors (Lipinski definition) is 2. The number of rotatable bonds is 3. The lowest BCUT2D eigenvalue weighted by atomic mass is 9.90. The summed E-state index contributed by atoms with van der Waals surface area (Å²) in [4.78, 5) is 4.59. The van der Waals surface area contributed by atoms with E-state index in [4.69, 9.17) is 4.42 Å². The van der Waals surface area contributed by atoms with Crippen molar-refractivity contribution in [3.05, 3.63) is 29.2 Å². The van der Waals surface area contributed by atoms with E-state index in [1.807, 2.05) is 0 Å². The summed E-state index contributed by atoms with van der Waals surface area (Å²) in [5.74, 6) is 2.20. The van der Waals surface area contributed by atoms with Gasteiger partial charge in [-0.3, -0.25) is 0 Å². The monoisotopic (exact) mass is 245 g/mol. The summed E-state index contributed by atoms with van der Waals surface area (Å²) >= 11 is 0. The number of hydrogen-bond donors (Lipinski definition) is 0. The van der Waals surface area contributed by atoms with E-state index in [1.54, 1.807) is 0 Å². The van der Waals surface area contributed by atoms with Gasteiger partial charge in [0.15, 0.2) is 11.5 Å². The number of oxazole rings is 1. The second-order valence-corrected chi connectivity index (χ2v) is 5.97. The Bertz CT molecular complexity index is 504. The van der Waals surface area contributed by atoms with Crippen LogP contribution in [0.25, 0.3) is 11.1 Å². The molecule has 1 aromatic heterocycles. The first kappa shape index (κ1) is 13.1. The van der Waals surface area contributed by atoms with Crippen LogP contribution >= 0.6 is 0 Å². The quantitative estimate of drug-likeness (QED) is 0.743. The van der Waals surface area contributed by atoms with Crippen molar-refractivity contribution in [2.45, 2.75) is 59.3 Å². The van der Waals surface area contributed by atoms with Gasteiger partial charge in [-0.1, -0.05) is 41.5 Å². The maximum Gasteiger partial charge on any atom is 0.198 e. The van der Waals surface area contributed by atoms with Gasteiger partial charge in [-0.05, 0) is 35.1 Å². The van der Waals surface area contributed by atoms with Gasteiger partial charge in [0.1, 0.15) is 5.52 Å². The maximum absolute atomic E-state index is 5.84. The molecule has 0 amide bonds. The SMILES string of the molecule is CC(C)c1nc2cc(C(C)C)c(C(C)C)cc2o1. The molecule has 2 heteroatoms. The van der Waals surface area contributed by atoms with Crippen molar-refractivity contribution in [3.8, 4) is 0 Å². The Balaban J connectivity index is 2.65. The van der Waals surface area contributed by atoms with Gasteiger partial charge in [-0.25, -0.2) is 4.98 Å².